The molecule has 84 valence electrons. The molecule has 0 amide bonds. The monoisotopic (exact) mass is 206 g/mol. The highest BCUT2D eigenvalue weighted by Gasteiger charge is 2.65. The molecule has 3 fully saturated rings. The number of rotatable bonds is 0. The molecule has 0 radical (unpaired) electrons. The molecule has 3 saturated carbocycles. The Morgan fingerprint density at radius 2 is 1.93 bits per heavy atom. The predicted molar refractivity (Wildman–Crippen MR) is 60.4 cm³/mol. The number of ketones is 1. The molecule has 0 spiro atoms. The second-order valence-electron chi connectivity index (χ2n) is 6.70. The highest BCUT2D eigenvalue weighted by molar-refractivity contribution is 5.82. The van der Waals surface area contributed by atoms with Crippen LogP contribution >= 0.6 is 0 Å². The summed E-state index contributed by atoms with van der Waals surface area (Å²) in [7, 11) is 0. The van der Waals surface area contributed by atoms with Crippen LogP contribution in [0.15, 0.2) is 0 Å². The van der Waals surface area contributed by atoms with Gasteiger partial charge in [-0.3, -0.25) is 4.79 Å². The summed E-state index contributed by atoms with van der Waals surface area (Å²) in [5.41, 5.74) is 0.547. The first-order valence-corrected chi connectivity index (χ1v) is 6.56. The van der Waals surface area contributed by atoms with Gasteiger partial charge in [-0.15, -0.1) is 0 Å². The van der Waals surface area contributed by atoms with Crippen LogP contribution in [0.4, 0.5) is 0 Å². The summed E-state index contributed by atoms with van der Waals surface area (Å²) in [6.45, 7) is 7.20. The van der Waals surface area contributed by atoms with Crippen molar-refractivity contribution in [3.63, 3.8) is 0 Å². The van der Waals surface area contributed by atoms with Gasteiger partial charge in [0.25, 0.3) is 0 Å². The largest absolute Gasteiger partial charge is 0.299 e. The third-order valence-electron chi connectivity index (χ3n) is 5.72. The molecular formula is C14H22O. The van der Waals surface area contributed by atoms with E-state index in [0.29, 0.717) is 17.1 Å². The van der Waals surface area contributed by atoms with Gasteiger partial charge in [-0.1, -0.05) is 20.8 Å². The summed E-state index contributed by atoms with van der Waals surface area (Å²) >= 11 is 0. The molecule has 0 saturated heterocycles. The third-order valence-corrected chi connectivity index (χ3v) is 5.72. The molecule has 1 heteroatoms. The zero-order valence-electron chi connectivity index (χ0n) is 10.1. The zero-order chi connectivity index (χ0) is 10.8. The Morgan fingerprint density at radius 3 is 2.67 bits per heavy atom. The molecule has 0 unspecified atom stereocenters. The van der Waals surface area contributed by atoms with Crippen molar-refractivity contribution in [2.24, 2.45) is 35.0 Å². The van der Waals surface area contributed by atoms with Crippen LogP contribution in [0.25, 0.3) is 0 Å². The first-order valence-electron chi connectivity index (χ1n) is 6.56. The van der Waals surface area contributed by atoms with Gasteiger partial charge in [0.1, 0.15) is 5.78 Å². The average Bonchev–Trinajstić information content (AvgIpc) is 2.76. The van der Waals surface area contributed by atoms with Gasteiger partial charge in [0, 0.05) is 12.3 Å². The summed E-state index contributed by atoms with van der Waals surface area (Å²) in [5.74, 6) is 4.36. The quantitative estimate of drug-likeness (QED) is 0.594. The maximum atomic E-state index is 11.9. The molecule has 3 aliphatic rings. The van der Waals surface area contributed by atoms with Crippen LogP contribution in [0.1, 0.15) is 46.5 Å². The molecule has 0 heterocycles. The molecule has 3 aliphatic carbocycles. The molecule has 0 aromatic rings. The molecule has 0 aliphatic heterocycles. The summed E-state index contributed by atoms with van der Waals surface area (Å²) in [4.78, 5) is 11.9. The molecule has 15 heavy (non-hydrogen) atoms. The maximum Gasteiger partial charge on any atom is 0.136 e. The minimum Gasteiger partial charge on any atom is -0.299 e. The van der Waals surface area contributed by atoms with Gasteiger partial charge >= 0.3 is 0 Å². The normalized spacial score (nSPS) is 51.9. The Bertz CT molecular complexity index is 304. The van der Waals surface area contributed by atoms with Crippen molar-refractivity contribution < 1.29 is 4.79 Å². The van der Waals surface area contributed by atoms with Crippen LogP contribution < -0.4 is 0 Å². The van der Waals surface area contributed by atoms with E-state index in [1.165, 1.54) is 12.8 Å². The lowest BCUT2D eigenvalue weighted by Gasteiger charge is -2.39. The summed E-state index contributed by atoms with van der Waals surface area (Å²) in [6.07, 6.45) is 4.52. The van der Waals surface area contributed by atoms with Crippen LogP contribution in [0.2, 0.25) is 0 Å². The molecule has 0 N–H and O–H groups in total. The van der Waals surface area contributed by atoms with Crippen LogP contribution in [-0.4, -0.2) is 5.78 Å². The molecule has 5 atom stereocenters. The second-order valence-corrected chi connectivity index (χ2v) is 6.70. The molecule has 0 bridgehead atoms. The van der Waals surface area contributed by atoms with Crippen molar-refractivity contribution in [1.29, 1.82) is 0 Å². The van der Waals surface area contributed by atoms with E-state index in [1.807, 2.05) is 0 Å². The minimum absolute atomic E-state index is 0.441. The van der Waals surface area contributed by atoms with Gasteiger partial charge < -0.3 is 0 Å². The molecule has 1 nitrogen and oxygen atoms in total. The smallest absolute Gasteiger partial charge is 0.136 e. The lowest BCUT2D eigenvalue weighted by Crippen LogP contribution is -2.38. The van der Waals surface area contributed by atoms with Gasteiger partial charge in [-0.05, 0) is 48.3 Å². The lowest BCUT2D eigenvalue weighted by atomic mass is 9.65. The summed E-state index contributed by atoms with van der Waals surface area (Å²) < 4.78 is 0. The highest BCUT2D eigenvalue weighted by atomic mass is 16.1. The van der Waals surface area contributed by atoms with Crippen LogP contribution in [0.5, 0.6) is 0 Å². The maximum absolute atomic E-state index is 11.9. The molecular weight excluding hydrogens is 184 g/mol. The zero-order valence-corrected chi connectivity index (χ0v) is 10.1. The van der Waals surface area contributed by atoms with E-state index < -0.39 is 0 Å². The fraction of sp³-hybridized carbons (Fsp3) is 0.929. The molecule has 0 aromatic carbocycles. The van der Waals surface area contributed by atoms with E-state index in [0.717, 1.165) is 36.5 Å². The van der Waals surface area contributed by atoms with Crippen LogP contribution in [0.3, 0.4) is 0 Å². The second kappa shape index (κ2) is 2.87. The van der Waals surface area contributed by atoms with Crippen molar-refractivity contribution in [3.8, 4) is 0 Å². The van der Waals surface area contributed by atoms with Gasteiger partial charge in [-0.2, -0.15) is 0 Å². The summed E-state index contributed by atoms with van der Waals surface area (Å²) in [6, 6.07) is 0. The number of carbonyl (C=O) groups excluding carboxylic acids is 1. The molecule has 0 aromatic heterocycles. The predicted octanol–water partition coefficient (Wildman–Crippen LogP) is 3.28. The topological polar surface area (TPSA) is 17.1 Å². The van der Waals surface area contributed by atoms with Crippen molar-refractivity contribution in [2.45, 2.75) is 46.5 Å². The number of carbonyl (C=O) groups is 1. The van der Waals surface area contributed by atoms with Gasteiger partial charge in [0.05, 0.1) is 0 Å². The van der Waals surface area contributed by atoms with E-state index in [-0.39, 0.29) is 0 Å². The number of hydrogen-bond acceptors (Lipinski definition) is 1. The SMILES string of the molecule is C[C@@H]1CCC(=O)[C@H]2CC[C@@H]3[C@@H]([C@H]12)C3(C)C. The fourth-order valence-corrected chi connectivity index (χ4v) is 4.78. The Balaban J connectivity index is 1.90. The van der Waals surface area contributed by atoms with E-state index in [4.69, 9.17) is 0 Å². The van der Waals surface area contributed by atoms with Crippen LogP contribution in [0, 0.1) is 35.0 Å². The first-order chi connectivity index (χ1) is 7.03. The number of fused-ring (bicyclic) bond motifs is 3. The van der Waals surface area contributed by atoms with Crippen molar-refractivity contribution in [1.82, 2.24) is 0 Å². The first kappa shape index (κ1) is 9.86. The highest BCUT2D eigenvalue weighted by Crippen LogP contribution is 2.70. The lowest BCUT2D eigenvalue weighted by molar-refractivity contribution is -0.130. The van der Waals surface area contributed by atoms with E-state index in [2.05, 4.69) is 20.8 Å². The van der Waals surface area contributed by atoms with E-state index in [1.54, 1.807) is 0 Å². The summed E-state index contributed by atoms with van der Waals surface area (Å²) in [5, 5.41) is 0. The Labute approximate surface area is 92.6 Å². The Morgan fingerprint density at radius 1 is 1.20 bits per heavy atom. The number of Topliss-reactive ketones (excluding diaryl/α,β-unsaturated/α-hetero) is 1. The fourth-order valence-electron chi connectivity index (χ4n) is 4.78. The average molecular weight is 206 g/mol. The Kier molecular flexibility index (Phi) is 1.88. The van der Waals surface area contributed by atoms with E-state index in [9.17, 15) is 4.79 Å². The van der Waals surface area contributed by atoms with Gasteiger partial charge in [0.15, 0.2) is 0 Å². The van der Waals surface area contributed by atoms with E-state index >= 15 is 0 Å². The van der Waals surface area contributed by atoms with Crippen molar-refractivity contribution >= 4 is 5.78 Å². The van der Waals surface area contributed by atoms with Crippen LogP contribution in [-0.2, 0) is 4.79 Å². The minimum atomic E-state index is 0.441. The van der Waals surface area contributed by atoms with Crippen molar-refractivity contribution in [3.05, 3.63) is 0 Å². The molecule has 3 rings (SSSR count). The third kappa shape index (κ3) is 1.18. The Hall–Kier alpha value is -0.330. The van der Waals surface area contributed by atoms with Crippen molar-refractivity contribution in [2.75, 3.05) is 0 Å². The van der Waals surface area contributed by atoms with Gasteiger partial charge in [-0.25, -0.2) is 0 Å². The standard InChI is InChI=1S/C14H22O/c1-8-4-7-11(15)9-5-6-10-13(12(8)9)14(10,2)3/h8-10,12-13H,4-7H2,1-3H3/t8-,9-,10-,12-,13+/m1/s1. The van der Waals surface area contributed by atoms with Gasteiger partial charge in [0.2, 0.25) is 0 Å². The number of hydrogen-bond donors (Lipinski definition) is 0.